The number of aromatic nitrogens is 1. The van der Waals surface area contributed by atoms with E-state index in [1.807, 2.05) is 30.3 Å². The maximum Gasteiger partial charge on any atom is 0.269 e. The molecule has 0 aliphatic carbocycles. The molecule has 1 atom stereocenters. The quantitative estimate of drug-likeness (QED) is 0.701. The van der Waals surface area contributed by atoms with E-state index < -0.39 is 9.84 Å². The molecule has 5 nitrogen and oxygen atoms in total. The largest absolute Gasteiger partial charge is 0.494 e. The van der Waals surface area contributed by atoms with Crippen LogP contribution in [0.3, 0.4) is 0 Å². The summed E-state index contributed by atoms with van der Waals surface area (Å²) in [5.41, 5.74) is 0.739. The first-order valence-electron chi connectivity index (χ1n) is 8.75. The van der Waals surface area contributed by atoms with Crippen LogP contribution in [0.2, 0.25) is 0 Å². The van der Waals surface area contributed by atoms with Gasteiger partial charge in [0.25, 0.3) is 5.56 Å². The fourth-order valence-corrected chi connectivity index (χ4v) is 5.70. The lowest BCUT2D eigenvalue weighted by atomic mass is 10.2. The Bertz CT molecular complexity index is 1030. The van der Waals surface area contributed by atoms with Crippen LogP contribution in [0.15, 0.2) is 29.1 Å². The Morgan fingerprint density at radius 2 is 2.08 bits per heavy atom. The molecule has 1 aromatic carbocycles. The molecule has 1 fully saturated rings. The van der Waals surface area contributed by atoms with Crippen LogP contribution in [-0.4, -0.2) is 31.1 Å². The van der Waals surface area contributed by atoms with Crippen LogP contribution >= 0.6 is 11.3 Å². The Morgan fingerprint density at radius 3 is 2.69 bits per heavy atom. The van der Waals surface area contributed by atoms with Crippen molar-refractivity contribution in [1.82, 2.24) is 4.57 Å². The second-order valence-electron chi connectivity index (χ2n) is 6.51. The summed E-state index contributed by atoms with van der Waals surface area (Å²) in [5, 5.41) is 0. The van der Waals surface area contributed by atoms with Gasteiger partial charge in [-0.1, -0.05) is 32.1 Å². The van der Waals surface area contributed by atoms with Gasteiger partial charge < -0.3 is 4.74 Å². The van der Waals surface area contributed by atoms with Gasteiger partial charge in [-0.3, -0.25) is 9.36 Å². The third-order valence-corrected chi connectivity index (χ3v) is 7.14. The van der Waals surface area contributed by atoms with Crippen molar-refractivity contribution in [2.45, 2.75) is 32.2 Å². The molecule has 0 bridgehead atoms. The van der Waals surface area contributed by atoms with Gasteiger partial charge in [0.2, 0.25) is 0 Å². The number of rotatable bonds is 6. The number of ether oxygens (including phenoxy) is 1. The minimum atomic E-state index is -3.05. The van der Waals surface area contributed by atoms with Crippen molar-refractivity contribution < 1.29 is 13.2 Å². The zero-order chi connectivity index (χ0) is 18.7. The van der Waals surface area contributed by atoms with E-state index in [9.17, 15) is 13.2 Å². The van der Waals surface area contributed by atoms with Gasteiger partial charge in [-0.25, -0.2) is 8.42 Å². The second kappa shape index (κ2) is 7.80. The van der Waals surface area contributed by atoms with E-state index in [1.54, 1.807) is 4.57 Å². The Hall–Kier alpha value is -1.86. The average molecular weight is 394 g/mol. The topological polar surface area (TPSA) is 65.4 Å². The summed E-state index contributed by atoms with van der Waals surface area (Å²) < 4.78 is 31.8. The van der Waals surface area contributed by atoms with Crippen LogP contribution in [0, 0.1) is 0 Å². The van der Waals surface area contributed by atoms with E-state index in [-0.39, 0.29) is 23.1 Å². The van der Waals surface area contributed by atoms with Gasteiger partial charge in [0.15, 0.2) is 9.84 Å². The zero-order valence-electron chi connectivity index (χ0n) is 14.8. The highest BCUT2D eigenvalue weighted by Crippen LogP contribution is 2.20. The zero-order valence-corrected chi connectivity index (χ0v) is 16.4. The number of benzene rings is 1. The molecule has 1 aliphatic rings. The minimum absolute atomic E-state index is 0.0232. The molecule has 7 heteroatoms. The molecule has 3 rings (SSSR count). The molecule has 26 heavy (non-hydrogen) atoms. The summed E-state index contributed by atoms with van der Waals surface area (Å²) in [6.07, 6.45) is 4.40. The molecule has 0 saturated carbocycles. The molecule has 2 aromatic rings. The minimum Gasteiger partial charge on any atom is -0.494 e. The fourth-order valence-electron chi connectivity index (χ4n) is 3.04. The summed E-state index contributed by atoms with van der Waals surface area (Å²) in [6, 6.07) is 7.30. The highest BCUT2D eigenvalue weighted by atomic mass is 32.2. The van der Waals surface area contributed by atoms with E-state index in [2.05, 4.69) is 13.5 Å². The van der Waals surface area contributed by atoms with Crippen LogP contribution in [0.4, 0.5) is 0 Å². The summed E-state index contributed by atoms with van der Waals surface area (Å²) >= 11 is 1.30. The molecule has 0 spiro atoms. The number of sulfone groups is 1. The summed E-state index contributed by atoms with van der Waals surface area (Å²) in [4.78, 5) is 12.7. The van der Waals surface area contributed by atoms with Gasteiger partial charge in [0.05, 0.1) is 33.3 Å². The van der Waals surface area contributed by atoms with Crippen LogP contribution < -0.4 is 19.5 Å². The first-order chi connectivity index (χ1) is 12.4. The first-order valence-corrected chi connectivity index (χ1v) is 11.4. The van der Waals surface area contributed by atoms with Gasteiger partial charge in [-0.05, 0) is 36.6 Å². The average Bonchev–Trinajstić information content (AvgIpc) is 3.08. The third-order valence-electron chi connectivity index (χ3n) is 4.44. The van der Waals surface area contributed by atoms with Crippen LogP contribution in [-0.2, 0) is 9.84 Å². The van der Waals surface area contributed by atoms with Crippen molar-refractivity contribution in [3.05, 3.63) is 49.4 Å². The van der Waals surface area contributed by atoms with E-state index in [4.69, 9.17) is 4.74 Å². The molecule has 0 amide bonds. The summed E-state index contributed by atoms with van der Waals surface area (Å²) in [5.74, 6) is 0.973. The SMILES string of the molecule is C=c1sc(=Cc2ccc(OCCCC)cc2)c(=O)n1C1CCS(=O)(=O)C1. The molecule has 1 unspecified atom stereocenters. The Labute approximate surface area is 157 Å². The monoisotopic (exact) mass is 393 g/mol. The van der Waals surface area contributed by atoms with Crippen LogP contribution in [0.1, 0.15) is 37.8 Å². The lowest BCUT2D eigenvalue weighted by Crippen LogP contribution is -2.34. The van der Waals surface area contributed by atoms with Gasteiger partial charge in [0, 0.05) is 0 Å². The number of nitrogens with zero attached hydrogens (tertiary/aromatic N) is 1. The standard InChI is InChI=1S/C19H23NO4S2/c1-3-4-10-24-17-7-5-15(6-8-17)12-18-19(21)20(14(2)25-18)16-9-11-26(22,23)13-16/h5-8,12,16H,2-4,9-11,13H2,1H3. The molecule has 0 N–H and O–H groups in total. The maximum atomic E-state index is 12.7. The van der Waals surface area contributed by atoms with Crippen LogP contribution in [0.25, 0.3) is 12.7 Å². The van der Waals surface area contributed by atoms with E-state index >= 15 is 0 Å². The second-order valence-corrected chi connectivity index (χ2v) is 9.85. The van der Waals surface area contributed by atoms with Gasteiger partial charge in [0.1, 0.15) is 5.75 Å². The highest BCUT2D eigenvalue weighted by Gasteiger charge is 2.30. The van der Waals surface area contributed by atoms with Crippen molar-refractivity contribution in [2.24, 2.45) is 0 Å². The molecular weight excluding hydrogens is 370 g/mol. The molecular formula is C19H23NO4S2. The lowest BCUT2D eigenvalue weighted by molar-refractivity contribution is 0.309. The van der Waals surface area contributed by atoms with Crippen molar-refractivity contribution in [3.8, 4) is 5.75 Å². The molecule has 0 radical (unpaired) electrons. The third kappa shape index (κ3) is 4.27. The number of hydrogen-bond donors (Lipinski definition) is 0. The van der Waals surface area contributed by atoms with Gasteiger partial charge >= 0.3 is 0 Å². The van der Waals surface area contributed by atoms with Crippen molar-refractivity contribution in [1.29, 1.82) is 0 Å². The van der Waals surface area contributed by atoms with Crippen molar-refractivity contribution in [3.63, 3.8) is 0 Å². The van der Waals surface area contributed by atoms with E-state index in [1.165, 1.54) is 11.3 Å². The lowest BCUT2D eigenvalue weighted by Gasteiger charge is -2.07. The fraction of sp³-hybridized carbons (Fsp3) is 0.421. The molecule has 2 heterocycles. The van der Waals surface area contributed by atoms with E-state index in [0.717, 1.165) is 24.2 Å². The Morgan fingerprint density at radius 1 is 1.35 bits per heavy atom. The summed E-state index contributed by atoms with van der Waals surface area (Å²) in [7, 11) is -3.05. The molecule has 1 aliphatic heterocycles. The van der Waals surface area contributed by atoms with Gasteiger partial charge in [-0.2, -0.15) is 0 Å². The molecule has 140 valence electrons. The number of thiazole rings is 1. The highest BCUT2D eigenvalue weighted by molar-refractivity contribution is 7.91. The van der Waals surface area contributed by atoms with Crippen molar-refractivity contribution >= 4 is 33.8 Å². The maximum absolute atomic E-state index is 12.7. The predicted octanol–water partition coefficient (Wildman–Crippen LogP) is 1.69. The molecule has 1 saturated heterocycles. The van der Waals surface area contributed by atoms with Crippen LogP contribution in [0.5, 0.6) is 5.75 Å². The Kier molecular flexibility index (Phi) is 5.67. The number of hydrogen-bond acceptors (Lipinski definition) is 5. The molecule has 1 aromatic heterocycles. The Balaban J connectivity index is 1.85. The normalized spacial score (nSPS) is 19.7. The number of unbranched alkanes of at least 4 members (excludes halogenated alkanes) is 1. The van der Waals surface area contributed by atoms with E-state index in [0.29, 0.717) is 22.2 Å². The summed E-state index contributed by atoms with van der Waals surface area (Å²) in [6.45, 7) is 6.76. The smallest absolute Gasteiger partial charge is 0.269 e. The van der Waals surface area contributed by atoms with Gasteiger partial charge in [-0.15, -0.1) is 11.3 Å². The van der Waals surface area contributed by atoms with Crippen molar-refractivity contribution in [2.75, 3.05) is 18.1 Å². The predicted molar refractivity (Wildman–Crippen MR) is 106 cm³/mol. The first kappa shape index (κ1) is 18.9.